The number of hydrogen-bond acceptors (Lipinski definition) is 4. The highest BCUT2D eigenvalue weighted by molar-refractivity contribution is 6.34. The molecule has 1 aliphatic rings. The fraction of sp³-hybridized carbons (Fsp3) is 0.400. The van der Waals surface area contributed by atoms with Crippen molar-refractivity contribution in [1.29, 1.82) is 0 Å². The third-order valence-corrected chi connectivity index (χ3v) is 5.01. The van der Waals surface area contributed by atoms with Crippen molar-refractivity contribution in [2.75, 3.05) is 25.5 Å². The second kappa shape index (κ2) is 13.9. The molecule has 1 atom stereocenters. The second-order valence-electron chi connectivity index (χ2n) is 7.00. The molecule has 0 saturated carbocycles. The number of nitrogens with one attached hydrogen (secondary N) is 5. The molecule has 1 unspecified atom stereocenters. The number of carbonyl (C=O) groups excluding carboxylic acids is 3. The fourth-order valence-electron chi connectivity index (χ4n) is 3.09. The summed E-state index contributed by atoms with van der Waals surface area (Å²) in [6.45, 7) is 12.1. The van der Waals surface area contributed by atoms with Gasteiger partial charge in [0.2, 0.25) is 5.91 Å². The predicted octanol–water partition coefficient (Wildman–Crippen LogP) is 3.46. The van der Waals surface area contributed by atoms with Crippen molar-refractivity contribution in [1.82, 2.24) is 20.9 Å². The molecule has 3 amide bonds. The van der Waals surface area contributed by atoms with Gasteiger partial charge in [0.05, 0.1) is 17.2 Å². The molecule has 0 spiro atoms. The first kappa shape index (κ1) is 28.6. The number of halogens is 1. The van der Waals surface area contributed by atoms with E-state index in [2.05, 4.69) is 26.3 Å². The number of aromatic nitrogens is 1. The van der Waals surface area contributed by atoms with E-state index in [1.807, 2.05) is 27.7 Å². The van der Waals surface area contributed by atoms with E-state index in [0.29, 0.717) is 40.2 Å². The molecule has 5 N–H and O–H groups in total. The van der Waals surface area contributed by atoms with E-state index < -0.39 is 5.82 Å². The Morgan fingerprint density at radius 1 is 1.12 bits per heavy atom. The van der Waals surface area contributed by atoms with Gasteiger partial charge in [-0.1, -0.05) is 27.7 Å². The Labute approximate surface area is 200 Å². The zero-order chi connectivity index (χ0) is 25.8. The molecular weight excluding hydrogens is 437 g/mol. The van der Waals surface area contributed by atoms with Crippen LogP contribution < -0.4 is 21.3 Å². The van der Waals surface area contributed by atoms with Crippen LogP contribution >= 0.6 is 0 Å². The molecule has 0 radical (unpaired) electrons. The second-order valence-corrected chi connectivity index (χ2v) is 7.00. The Kier molecular flexibility index (Phi) is 11.7. The van der Waals surface area contributed by atoms with Crippen molar-refractivity contribution in [3.05, 3.63) is 52.6 Å². The quantitative estimate of drug-likeness (QED) is 0.313. The van der Waals surface area contributed by atoms with Gasteiger partial charge in [-0.2, -0.15) is 0 Å². The Morgan fingerprint density at radius 3 is 2.41 bits per heavy atom. The fourth-order valence-corrected chi connectivity index (χ4v) is 3.09. The molecule has 34 heavy (non-hydrogen) atoms. The largest absolute Gasteiger partial charge is 0.361 e. The molecule has 2 heterocycles. The zero-order valence-corrected chi connectivity index (χ0v) is 21.0. The molecule has 2 aromatic rings. The van der Waals surface area contributed by atoms with Crippen LogP contribution in [0.1, 0.15) is 61.8 Å². The van der Waals surface area contributed by atoms with Crippen LogP contribution in [0, 0.1) is 12.7 Å². The minimum absolute atomic E-state index is 0.148. The highest BCUT2D eigenvalue weighted by Gasteiger charge is 2.25. The average Bonchev–Trinajstić information content (AvgIpc) is 3.37. The van der Waals surface area contributed by atoms with Gasteiger partial charge >= 0.3 is 0 Å². The van der Waals surface area contributed by atoms with Crippen molar-refractivity contribution >= 4 is 35.1 Å². The summed E-state index contributed by atoms with van der Waals surface area (Å²) in [6.07, 6.45) is 3.16. The number of likely N-dealkylation sites (N-methyl/N-ethyl adjacent to an activating group) is 1. The molecule has 1 aliphatic heterocycles. The molecule has 0 saturated heterocycles. The van der Waals surface area contributed by atoms with Gasteiger partial charge in [0.1, 0.15) is 5.82 Å². The lowest BCUT2D eigenvalue weighted by Gasteiger charge is -2.11. The van der Waals surface area contributed by atoms with Crippen LogP contribution in [0.5, 0.6) is 0 Å². The first-order valence-corrected chi connectivity index (χ1v) is 11.6. The summed E-state index contributed by atoms with van der Waals surface area (Å²) in [7, 11) is 1.69. The summed E-state index contributed by atoms with van der Waals surface area (Å²) in [5, 5.41) is 11.0. The van der Waals surface area contributed by atoms with Gasteiger partial charge in [0, 0.05) is 36.2 Å². The lowest BCUT2D eigenvalue weighted by atomic mass is 10.0. The van der Waals surface area contributed by atoms with Gasteiger partial charge in [-0.05, 0) is 50.7 Å². The summed E-state index contributed by atoms with van der Waals surface area (Å²) in [6, 6.07) is 3.79. The lowest BCUT2D eigenvalue weighted by molar-refractivity contribution is -0.122. The molecule has 1 aromatic carbocycles. The van der Waals surface area contributed by atoms with Gasteiger partial charge in [0.25, 0.3) is 11.8 Å². The first-order valence-electron chi connectivity index (χ1n) is 11.6. The molecule has 8 nitrogen and oxygen atoms in total. The van der Waals surface area contributed by atoms with Crippen LogP contribution in [-0.2, 0) is 9.59 Å². The van der Waals surface area contributed by atoms with Gasteiger partial charge in [-0.25, -0.2) is 4.39 Å². The smallest absolute Gasteiger partial charge is 0.256 e. The van der Waals surface area contributed by atoms with Crippen LogP contribution in [0.4, 0.5) is 10.1 Å². The number of amides is 3. The van der Waals surface area contributed by atoms with Crippen molar-refractivity contribution < 1.29 is 18.8 Å². The molecule has 186 valence electrons. The summed E-state index contributed by atoms with van der Waals surface area (Å²) in [4.78, 5) is 39.4. The molecule has 3 rings (SSSR count). The monoisotopic (exact) mass is 473 g/mol. The van der Waals surface area contributed by atoms with E-state index >= 15 is 0 Å². The number of H-pyrrole nitrogens is 1. The van der Waals surface area contributed by atoms with Crippen LogP contribution in [-0.4, -0.2) is 48.9 Å². The van der Waals surface area contributed by atoms with Crippen molar-refractivity contribution in [2.45, 2.75) is 47.6 Å². The highest BCUT2D eigenvalue weighted by atomic mass is 19.1. The number of fused-ring (bicyclic) bond motifs is 1. The minimum atomic E-state index is -0.435. The summed E-state index contributed by atoms with van der Waals surface area (Å²) >= 11 is 0. The number of benzene rings is 1. The Bertz CT molecular complexity index is 1030. The zero-order valence-electron chi connectivity index (χ0n) is 21.0. The third kappa shape index (κ3) is 7.02. The van der Waals surface area contributed by atoms with E-state index in [1.54, 1.807) is 33.2 Å². The molecule has 9 heteroatoms. The highest BCUT2D eigenvalue weighted by Crippen LogP contribution is 2.34. The molecule has 1 aromatic heterocycles. The maximum absolute atomic E-state index is 13.6. The van der Waals surface area contributed by atoms with E-state index in [9.17, 15) is 18.8 Å². The molecule has 0 aliphatic carbocycles. The van der Waals surface area contributed by atoms with E-state index in [4.69, 9.17) is 0 Å². The van der Waals surface area contributed by atoms with Crippen molar-refractivity contribution in [2.24, 2.45) is 0 Å². The van der Waals surface area contributed by atoms with E-state index in [0.717, 1.165) is 0 Å². The van der Waals surface area contributed by atoms with Crippen molar-refractivity contribution in [3.8, 4) is 0 Å². The van der Waals surface area contributed by atoms with Gasteiger partial charge in [-0.15, -0.1) is 0 Å². The van der Waals surface area contributed by atoms with Crippen LogP contribution in [0.25, 0.3) is 11.6 Å². The average molecular weight is 474 g/mol. The Hall–Kier alpha value is -3.46. The van der Waals surface area contributed by atoms with Gasteiger partial charge < -0.3 is 26.3 Å². The van der Waals surface area contributed by atoms with E-state index in [1.165, 1.54) is 18.2 Å². The van der Waals surface area contributed by atoms with E-state index in [-0.39, 0.29) is 30.3 Å². The lowest BCUT2D eigenvalue weighted by Crippen LogP contribution is -2.43. The van der Waals surface area contributed by atoms with Gasteiger partial charge in [-0.3, -0.25) is 14.4 Å². The minimum Gasteiger partial charge on any atom is -0.361 e. The molecule has 0 fully saturated rings. The van der Waals surface area contributed by atoms with Crippen LogP contribution in [0.3, 0.4) is 0 Å². The standard InChI is InChI=1S/C21H24FN5O3.2C2H6/c1-11-16(20(29)25-7-6-24-19(28)12(2)23-3)10-26-18(11)9-15-14-8-13(22)4-5-17(14)27-21(15)30;2*1-2/h4-5,8-10,12,23,26H,6-7H2,1-3H3,(H,24,28)(H,25,29)(H,27,30);2*1-2H3/b15-9-;;. The van der Waals surface area contributed by atoms with Crippen molar-refractivity contribution in [3.63, 3.8) is 0 Å². The maximum atomic E-state index is 13.6. The number of carbonyl (C=O) groups is 3. The Balaban J connectivity index is 0.00000137. The molecule has 0 bridgehead atoms. The first-order chi connectivity index (χ1) is 16.3. The SMILES string of the molecule is CC.CC.CNC(C)C(=O)NCCNC(=O)c1c[nH]c(/C=C2\C(=O)Nc3ccc(F)cc32)c1C. The van der Waals surface area contributed by atoms with Crippen LogP contribution in [0.15, 0.2) is 24.4 Å². The summed E-state index contributed by atoms with van der Waals surface area (Å²) in [5.74, 6) is -1.21. The normalized spacial score (nSPS) is 13.5. The van der Waals surface area contributed by atoms with Crippen LogP contribution in [0.2, 0.25) is 0 Å². The number of hydrogen-bond donors (Lipinski definition) is 5. The third-order valence-electron chi connectivity index (χ3n) is 5.01. The summed E-state index contributed by atoms with van der Waals surface area (Å²) < 4.78 is 13.6. The topological polar surface area (TPSA) is 115 Å². The number of aromatic amines is 1. The number of rotatable bonds is 7. The summed E-state index contributed by atoms with van der Waals surface area (Å²) in [5.41, 5.74) is 3.01. The maximum Gasteiger partial charge on any atom is 0.256 e. The number of anilines is 1. The Morgan fingerprint density at radius 2 is 1.76 bits per heavy atom. The predicted molar refractivity (Wildman–Crippen MR) is 135 cm³/mol. The van der Waals surface area contributed by atoms with Gasteiger partial charge in [0.15, 0.2) is 0 Å². The molecular formula is C25H36FN5O3.